The second-order valence-corrected chi connectivity index (χ2v) is 6.41. The maximum absolute atomic E-state index is 11.4. The third kappa shape index (κ3) is 20.9. The van der Waals surface area contributed by atoms with Gasteiger partial charge in [-0.25, -0.2) is 4.79 Å². The molecule has 0 atom stereocenters. The van der Waals surface area contributed by atoms with Crippen LogP contribution < -0.4 is 0 Å². The highest BCUT2D eigenvalue weighted by Gasteiger charge is 2.15. The maximum atomic E-state index is 11.4. The molecule has 9 nitrogen and oxygen atoms in total. The van der Waals surface area contributed by atoms with E-state index in [4.69, 9.17) is 28.4 Å². The van der Waals surface area contributed by atoms with Crippen LogP contribution in [0.25, 0.3) is 0 Å². The summed E-state index contributed by atoms with van der Waals surface area (Å²) in [7, 11) is 1.34. The van der Waals surface area contributed by atoms with Gasteiger partial charge in [0.1, 0.15) is 12.2 Å². The van der Waals surface area contributed by atoms with Gasteiger partial charge in [0.05, 0.1) is 73.0 Å². The first-order valence-corrected chi connectivity index (χ1v) is 9.02. The molecule has 0 rings (SSSR count). The number of methoxy groups -OCH3 is 1. The quantitative estimate of drug-likeness (QED) is 0.264. The van der Waals surface area contributed by atoms with Gasteiger partial charge in [-0.1, -0.05) is 0 Å². The van der Waals surface area contributed by atoms with Crippen LogP contribution in [0.1, 0.15) is 27.2 Å². The number of ether oxygens (including phenoxy) is 7. The van der Waals surface area contributed by atoms with Gasteiger partial charge in [-0.05, 0) is 20.8 Å². The van der Waals surface area contributed by atoms with Gasteiger partial charge in [0.25, 0.3) is 0 Å². The number of carbonyl (C=O) groups excluding carboxylic acids is 2. The van der Waals surface area contributed by atoms with Crippen molar-refractivity contribution in [2.24, 2.45) is 0 Å². The second kappa shape index (κ2) is 16.9. The summed E-state index contributed by atoms with van der Waals surface area (Å²) >= 11 is 0. The fourth-order valence-electron chi connectivity index (χ4n) is 1.66. The van der Waals surface area contributed by atoms with Gasteiger partial charge in [0.15, 0.2) is 0 Å². The number of hydrogen-bond acceptors (Lipinski definition) is 9. The van der Waals surface area contributed by atoms with Crippen LogP contribution in [0.4, 0.5) is 0 Å². The first-order chi connectivity index (χ1) is 12.8. The predicted octanol–water partition coefficient (Wildman–Crippen LogP) is 0.974. The Labute approximate surface area is 161 Å². The molecule has 0 aromatic rings. The Morgan fingerprint density at radius 2 is 1.04 bits per heavy atom. The molecule has 0 spiro atoms. The van der Waals surface area contributed by atoms with Gasteiger partial charge in [0.2, 0.25) is 0 Å². The van der Waals surface area contributed by atoms with Crippen molar-refractivity contribution >= 4 is 11.9 Å². The van der Waals surface area contributed by atoms with Crippen molar-refractivity contribution in [2.45, 2.75) is 32.8 Å². The van der Waals surface area contributed by atoms with Crippen LogP contribution in [0.3, 0.4) is 0 Å². The average molecular weight is 394 g/mol. The molecule has 0 unspecified atom stereocenters. The molecule has 0 aromatic heterocycles. The Hall–Kier alpha value is -1.26. The molecule has 0 aliphatic carbocycles. The molecule has 0 amide bonds. The van der Waals surface area contributed by atoms with Crippen LogP contribution in [0.5, 0.6) is 0 Å². The predicted molar refractivity (Wildman–Crippen MR) is 96.6 cm³/mol. The summed E-state index contributed by atoms with van der Waals surface area (Å²) < 4.78 is 35.9. The average Bonchev–Trinajstić information content (AvgIpc) is 2.59. The van der Waals surface area contributed by atoms with Gasteiger partial charge in [-0.15, -0.1) is 0 Å². The van der Waals surface area contributed by atoms with Crippen molar-refractivity contribution in [3.8, 4) is 0 Å². The summed E-state index contributed by atoms with van der Waals surface area (Å²) in [5, 5.41) is 0. The molecule has 9 heteroatoms. The lowest BCUT2D eigenvalue weighted by atomic mass is 10.2. The topological polar surface area (TPSA) is 98.8 Å². The molecular formula is C18H34O9. The summed E-state index contributed by atoms with van der Waals surface area (Å²) in [6.07, 6.45) is 0.242. The Kier molecular flexibility index (Phi) is 16.1. The van der Waals surface area contributed by atoms with E-state index in [-0.39, 0.29) is 25.0 Å². The zero-order valence-electron chi connectivity index (χ0n) is 17.0. The molecule has 0 saturated heterocycles. The molecular weight excluding hydrogens is 360 g/mol. The smallest absolute Gasteiger partial charge is 0.332 e. The summed E-state index contributed by atoms with van der Waals surface area (Å²) in [4.78, 5) is 22.2. The van der Waals surface area contributed by atoms with Gasteiger partial charge in [-0.2, -0.15) is 0 Å². The normalized spacial score (nSPS) is 11.4. The molecule has 0 aromatic carbocycles. The minimum absolute atomic E-state index is 0.0825. The maximum Gasteiger partial charge on any atom is 0.332 e. The Bertz CT molecular complexity index is 380. The molecule has 0 heterocycles. The number of carbonyl (C=O) groups is 2. The lowest BCUT2D eigenvalue weighted by Gasteiger charge is -2.19. The largest absolute Gasteiger partial charge is 0.469 e. The molecule has 0 aliphatic heterocycles. The van der Waals surface area contributed by atoms with E-state index < -0.39 is 5.60 Å². The first kappa shape index (κ1) is 25.7. The zero-order chi connectivity index (χ0) is 20.4. The van der Waals surface area contributed by atoms with Crippen molar-refractivity contribution < 1.29 is 42.7 Å². The lowest BCUT2D eigenvalue weighted by molar-refractivity contribution is -0.160. The molecule has 160 valence electrons. The van der Waals surface area contributed by atoms with Gasteiger partial charge in [-0.3, -0.25) is 4.79 Å². The monoisotopic (exact) mass is 394 g/mol. The molecule has 0 radical (unpaired) electrons. The Morgan fingerprint density at radius 1 is 0.630 bits per heavy atom. The van der Waals surface area contributed by atoms with Crippen LogP contribution in [0, 0.1) is 0 Å². The van der Waals surface area contributed by atoms with E-state index >= 15 is 0 Å². The standard InChI is InChI=1S/C18H34O9/c1-18(2,3)27-17(20)15-26-14-13-25-12-11-24-10-9-23-8-7-22-6-5-16(19)21-4/h5-15H2,1-4H3. The van der Waals surface area contributed by atoms with E-state index in [0.29, 0.717) is 59.5 Å². The molecule has 27 heavy (non-hydrogen) atoms. The highest BCUT2D eigenvalue weighted by atomic mass is 16.6. The van der Waals surface area contributed by atoms with Gasteiger partial charge >= 0.3 is 11.9 Å². The highest BCUT2D eigenvalue weighted by molar-refractivity contribution is 5.71. The third-order valence-corrected chi connectivity index (χ3v) is 2.81. The summed E-state index contributed by atoms with van der Waals surface area (Å²) in [5.41, 5.74) is -0.504. The summed E-state index contributed by atoms with van der Waals surface area (Å²) in [6.45, 7) is 9.02. The Balaban J connectivity index is 3.17. The number of hydrogen-bond donors (Lipinski definition) is 0. The van der Waals surface area contributed by atoms with Crippen LogP contribution >= 0.6 is 0 Å². The van der Waals surface area contributed by atoms with E-state index in [1.165, 1.54) is 7.11 Å². The van der Waals surface area contributed by atoms with E-state index in [1.807, 2.05) is 0 Å². The van der Waals surface area contributed by atoms with Crippen molar-refractivity contribution in [1.82, 2.24) is 0 Å². The summed E-state index contributed by atoms with van der Waals surface area (Å²) in [5.74, 6) is -0.680. The van der Waals surface area contributed by atoms with Crippen molar-refractivity contribution in [1.29, 1.82) is 0 Å². The van der Waals surface area contributed by atoms with Crippen molar-refractivity contribution in [3.05, 3.63) is 0 Å². The van der Waals surface area contributed by atoms with E-state index in [9.17, 15) is 9.59 Å². The minimum Gasteiger partial charge on any atom is -0.469 e. The van der Waals surface area contributed by atoms with E-state index in [1.54, 1.807) is 20.8 Å². The molecule has 0 N–H and O–H groups in total. The summed E-state index contributed by atoms with van der Waals surface area (Å²) in [6, 6.07) is 0. The fraction of sp³-hybridized carbons (Fsp3) is 0.889. The highest BCUT2D eigenvalue weighted by Crippen LogP contribution is 2.06. The number of esters is 2. The van der Waals surface area contributed by atoms with Crippen LogP contribution in [-0.4, -0.2) is 90.7 Å². The first-order valence-electron chi connectivity index (χ1n) is 9.02. The van der Waals surface area contributed by atoms with E-state index in [2.05, 4.69) is 4.74 Å². The van der Waals surface area contributed by atoms with Gasteiger partial charge in [0, 0.05) is 0 Å². The molecule has 0 bridgehead atoms. The second-order valence-electron chi connectivity index (χ2n) is 6.41. The molecule has 0 saturated carbocycles. The van der Waals surface area contributed by atoms with Crippen molar-refractivity contribution in [3.63, 3.8) is 0 Å². The minimum atomic E-state index is -0.504. The zero-order valence-corrected chi connectivity index (χ0v) is 17.0. The SMILES string of the molecule is COC(=O)CCOCCOCCOCCOCCOCC(=O)OC(C)(C)C. The Morgan fingerprint density at radius 3 is 1.44 bits per heavy atom. The fourth-order valence-corrected chi connectivity index (χ4v) is 1.66. The van der Waals surface area contributed by atoms with E-state index in [0.717, 1.165) is 0 Å². The van der Waals surface area contributed by atoms with Gasteiger partial charge < -0.3 is 33.2 Å². The third-order valence-electron chi connectivity index (χ3n) is 2.81. The lowest BCUT2D eigenvalue weighted by Crippen LogP contribution is -2.27. The van der Waals surface area contributed by atoms with Crippen molar-refractivity contribution in [2.75, 3.05) is 73.2 Å². The molecule has 0 aliphatic rings. The van der Waals surface area contributed by atoms with Crippen LogP contribution in [-0.2, 0) is 42.7 Å². The molecule has 0 fully saturated rings. The van der Waals surface area contributed by atoms with Crippen LogP contribution in [0.15, 0.2) is 0 Å². The number of rotatable bonds is 17. The van der Waals surface area contributed by atoms with Crippen LogP contribution in [0.2, 0.25) is 0 Å².